The monoisotopic (exact) mass is 394 g/mol. The molecule has 0 unspecified atom stereocenters. The van der Waals surface area contributed by atoms with E-state index >= 15 is 0 Å². The fourth-order valence-electron chi connectivity index (χ4n) is 4.55. The normalized spacial score (nSPS) is 18.1. The molecule has 1 aliphatic carbocycles. The van der Waals surface area contributed by atoms with Crippen LogP contribution in [-0.4, -0.2) is 38.9 Å². The van der Waals surface area contributed by atoms with Crippen LogP contribution in [0.4, 0.5) is 5.69 Å². The highest BCUT2D eigenvalue weighted by Crippen LogP contribution is 2.46. The third-order valence-corrected chi connectivity index (χ3v) is 6.19. The minimum absolute atomic E-state index is 0.182. The summed E-state index contributed by atoms with van der Waals surface area (Å²) in [5, 5.41) is 7.40. The third-order valence-electron chi connectivity index (χ3n) is 6.19. The van der Waals surface area contributed by atoms with Crippen LogP contribution >= 0.6 is 0 Å². The fraction of sp³-hybridized carbons (Fsp3) is 0.455. The van der Waals surface area contributed by atoms with Crippen molar-refractivity contribution in [1.29, 1.82) is 0 Å². The Morgan fingerprint density at radius 1 is 1.10 bits per heavy atom. The number of benzene rings is 1. The molecule has 152 valence electrons. The van der Waals surface area contributed by atoms with Gasteiger partial charge < -0.3 is 5.32 Å². The average molecular weight is 394 g/mol. The van der Waals surface area contributed by atoms with E-state index in [1.165, 1.54) is 0 Å². The molecule has 7 nitrogen and oxygen atoms in total. The molecular weight excluding hydrogens is 368 g/mol. The highest BCUT2D eigenvalue weighted by atomic mass is 16.2. The summed E-state index contributed by atoms with van der Waals surface area (Å²) < 4.78 is 1.78. The van der Waals surface area contributed by atoms with Gasteiger partial charge in [-0.2, -0.15) is 5.10 Å². The van der Waals surface area contributed by atoms with Crippen LogP contribution in [0.15, 0.2) is 24.3 Å². The van der Waals surface area contributed by atoms with E-state index in [-0.39, 0.29) is 30.7 Å². The SMILES string of the molecule is Cc1ccc(-n2nc(C)c(NC(=O)CN3C(=O)CC4(CCCC4)C3=O)c2C)cc1. The Hall–Kier alpha value is -2.96. The summed E-state index contributed by atoms with van der Waals surface area (Å²) in [4.78, 5) is 39.0. The molecule has 0 bridgehead atoms. The van der Waals surface area contributed by atoms with Gasteiger partial charge in [-0.1, -0.05) is 30.5 Å². The number of carbonyl (C=O) groups is 3. The van der Waals surface area contributed by atoms with E-state index in [9.17, 15) is 14.4 Å². The van der Waals surface area contributed by atoms with Gasteiger partial charge >= 0.3 is 0 Å². The summed E-state index contributed by atoms with van der Waals surface area (Å²) in [6.07, 6.45) is 3.67. The molecule has 1 aliphatic heterocycles. The van der Waals surface area contributed by atoms with Crippen molar-refractivity contribution < 1.29 is 14.4 Å². The summed E-state index contributed by atoms with van der Waals surface area (Å²) >= 11 is 0. The van der Waals surface area contributed by atoms with Gasteiger partial charge in [-0.3, -0.25) is 19.3 Å². The zero-order valence-corrected chi connectivity index (χ0v) is 17.1. The van der Waals surface area contributed by atoms with E-state index in [4.69, 9.17) is 0 Å². The first-order chi connectivity index (χ1) is 13.8. The largest absolute Gasteiger partial charge is 0.321 e. The number of imide groups is 1. The Morgan fingerprint density at radius 2 is 1.76 bits per heavy atom. The summed E-state index contributed by atoms with van der Waals surface area (Å²) in [7, 11) is 0. The van der Waals surface area contributed by atoms with Gasteiger partial charge in [-0.05, 0) is 45.7 Å². The highest BCUT2D eigenvalue weighted by Gasteiger charge is 2.52. The number of nitrogens with one attached hydrogen (secondary N) is 1. The zero-order chi connectivity index (χ0) is 20.8. The Labute approximate surface area is 170 Å². The molecule has 1 aromatic heterocycles. The van der Waals surface area contributed by atoms with Crippen LogP contribution in [0.5, 0.6) is 0 Å². The van der Waals surface area contributed by atoms with Crippen LogP contribution in [0.2, 0.25) is 0 Å². The number of rotatable bonds is 4. The van der Waals surface area contributed by atoms with Crippen molar-refractivity contribution in [3.63, 3.8) is 0 Å². The molecule has 3 amide bonds. The lowest BCUT2D eigenvalue weighted by Crippen LogP contribution is -2.40. The molecule has 0 atom stereocenters. The van der Waals surface area contributed by atoms with E-state index in [2.05, 4.69) is 10.4 Å². The first-order valence-corrected chi connectivity index (χ1v) is 10.1. The van der Waals surface area contributed by atoms with Gasteiger partial charge in [0, 0.05) is 6.42 Å². The molecule has 1 saturated carbocycles. The van der Waals surface area contributed by atoms with Gasteiger partial charge in [-0.25, -0.2) is 4.68 Å². The number of aromatic nitrogens is 2. The lowest BCUT2D eigenvalue weighted by Gasteiger charge is -2.20. The van der Waals surface area contributed by atoms with E-state index in [0.717, 1.165) is 47.5 Å². The molecular formula is C22H26N4O3. The van der Waals surface area contributed by atoms with E-state index in [0.29, 0.717) is 11.4 Å². The van der Waals surface area contributed by atoms with Crippen molar-refractivity contribution >= 4 is 23.4 Å². The second-order valence-corrected chi connectivity index (χ2v) is 8.29. The first kappa shape index (κ1) is 19.4. The van der Waals surface area contributed by atoms with E-state index < -0.39 is 5.41 Å². The molecule has 1 aromatic carbocycles. The van der Waals surface area contributed by atoms with Crippen LogP contribution in [0.1, 0.15) is 49.1 Å². The number of anilines is 1. The van der Waals surface area contributed by atoms with Gasteiger partial charge in [-0.15, -0.1) is 0 Å². The fourth-order valence-corrected chi connectivity index (χ4v) is 4.55. The third kappa shape index (κ3) is 3.34. The number of aryl methyl sites for hydroxylation is 2. The van der Waals surface area contributed by atoms with Crippen LogP contribution in [0.3, 0.4) is 0 Å². The molecule has 2 aromatic rings. The highest BCUT2D eigenvalue weighted by molar-refractivity contribution is 6.09. The minimum Gasteiger partial charge on any atom is -0.321 e. The predicted octanol–water partition coefficient (Wildman–Crippen LogP) is 3.06. The van der Waals surface area contributed by atoms with Crippen molar-refractivity contribution in [2.75, 3.05) is 11.9 Å². The van der Waals surface area contributed by atoms with Gasteiger partial charge in [0.2, 0.25) is 17.7 Å². The van der Waals surface area contributed by atoms with Gasteiger partial charge in [0.05, 0.1) is 28.2 Å². The molecule has 1 N–H and O–H groups in total. The molecule has 1 saturated heterocycles. The van der Waals surface area contributed by atoms with Crippen molar-refractivity contribution in [2.45, 2.75) is 52.9 Å². The lowest BCUT2D eigenvalue weighted by molar-refractivity contribution is -0.143. The molecule has 1 spiro atoms. The number of nitrogens with zero attached hydrogens (tertiary/aromatic N) is 3. The number of likely N-dealkylation sites (tertiary alicyclic amines) is 1. The van der Waals surface area contributed by atoms with Gasteiger partial charge in [0.15, 0.2) is 0 Å². The van der Waals surface area contributed by atoms with Crippen LogP contribution < -0.4 is 5.32 Å². The maximum atomic E-state index is 12.8. The molecule has 2 fully saturated rings. The summed E-state index contributed by atoms with van der Waals surface area (Å²) in [6, 6.07) is 7.97. The van der Waals surface area contributed by atoms with Crippen LogP contribution in [0.25, 0.3) is 5.69 Å². The van der Waals surface area contributed by atoms with Crippen LogP contribution in [-0.2, 0) is 14.4 Å². The molecule has 2 aliphatic rings. The molecule has 0 radical (unpaired) electrons. The topological polar surface area (TPSA) is 84.3 Å². The van der Waals surface area contributed by atoms with E-state index in [1.54, 1.807) is 4.68 Å². The van der Waals surface area contributed by atoms with Gasteiger partial charge in [0.1, 0.15) is 6.54 Å². The Bertz CT molecular complexity index is 984. The Balaban J connectivity index is 1.50. The first-order valence-electron chi connectivity index (χ1n) is 10.1. The number of hydrogen-bond donors (Lipinski definition) is 1. The predicted molar refractivity (Wildman–Crippen MR) is 109 cm³/mol. The van der Waals surface area contributed by atoms with E-state index in [1.807, 2.05) is 45.0 Å². The molecule has 29 heavy (non-hydrogen) atoms. The smallest absolute Gasteiger partial charge is 0.244 e. The van der Waals surface area contributed by atoms with Crippen molar-refractivity contribution in [2.24, 2.45) is 5.41 Å². The quantitative estimate of drug-likeness (QED) is 0.808. The molecule has 4 rings (SSSR count). The second-order valence-electron chi connectivity index (χ2n) is 8.29. The maximum Gasteiger partial charge on any atom is 0.244 e. The average Bonchev–Trinajstić information content (AvgIpc) is 3.33. The van der Waals surface area contributed by atoms with Crippen molar-refractivity contribution in [3.05, 3.63) is 41.2 Å². The molecule has 7 heteroatoms. The molecule has 2 heterocycles. The Kier molecular flexibility index (Phi) is 4.76. The lowest BCUT2D eigenvalue weighted by atomic mass is 9.84. The summed E-state index contributed by atoms with van der Waals surface area (Å²) in [5.74, 6) is -0.800. The standard InChI is InChI=1S/C22H26N4O3/c1-14-6-8-17(9-7-14)26-16(3)20(15(2)24-26)23-18(27)13-25-19(28)12-22(21(25)29)10-4-5-11-22/h6-9H,4-5,10-13H2,1-3H3,(H,23,27). The van der Waals surface area contributed by atoms with Crippen LogP contribution in [0, 0.1) is 26.2 Å². The van der Waals surface area contributed by atoms with Crippen molar-refractivity contribution in [3.8, 4) is 5.69 Å². The maximum absolute atomic E-state index is 12.8. The van der Waals surface area contributed by atoms with Gasteiger partial charge in [0.25, 0.3) is 0 Å². The second kappa shape index (κ2) is 7.13. The Morgan fingerprint density at radius 3 is 2.41 bits per heavy atom. The van der Waals surface area contributed by atoms with Crippen molar-refractivity contribution in [1.82, 2.24) is 14.7 Å². The number of hydrogen-bond acceptors (Lipinski definition) is 4. The zero-order valence-electron chi connectivity index (χ0n) is 17.1. The number of carbonyl (C=O) groups excluding carboxylic acids is 3. The summed E-state index contributed by atoms with van der Waals surface area (Å²) in [5.41, 5.74) is 3.60. The minimum atomic E-state index is -0.556. The summed E-state index contributed by atoms with van der Waals surface area (Å²) in [6.45, 7) is 5.49. The number of amides is 3.